The molecular formula is C40H48N2O4S2. The lowest BCUT2D eigenvalue weighted by molar-refractivity contribution is 0.0940. The quantitative estimate of drug-likeness (QED) is 0.0672. The Labute approximate surface area is 294 Å². The molecule has 0 saturated heterocycles. The molecular weight excluding hydrogens is 637 g/mol. The van der Waals surface area contributed by atoms with E-state index in [1.165, 1.54) is 60.1 Å². The fraction of sp³-hybridized carbons (Fsp3) is 0.350. The lowest BCUT2D eigenvalue weighted by Crippen LogP contribution is -2.23. The van der Waals surface area contributed by atoms with Gasteiger partial charge in [0.25, 0.3) is 11.8 Å². The maximum atomic E-state index is 13.2. The minimum absolute atomic E-state index is 0.145. The Morgan fingerprint density at radius 2 is 0.917 bits per heavy atom. The highest BCUT2D eigenvalue weighted by Crippen LogP contribution is 2.40. The largest absolute Gasteiger partial charge is 0.494 e. The second-order valence-corrected chi connectivity index (χ2v) is 13.8. The third-order valence-corrected chi connectivity index (χ3v) is 10.3. The summed E-state index contributed by atoms with van der Waals surface area (Å²) in [5, 5.41) is 6.10. The zero-order chi connectivity index (χ0) is 33.8. The number of benzene rings is 4. The van der Waals surface area contributed by atoms with Crippen LogP contribution in [-0.4, -0.2) is 25.0 Å². The summed E-state index contributed by atoms with van der Waals surface area (Å²) in [5.74, 6) is 1.41. The molecule has 0 aliphatic carbocycles. The lowest BCUT2D eigenvalue weighted by Gasteiger charge is -2.12. The average molecular weight is 685 g/mol. The van der Waals surface area contributed by atoms with Crippen molar-refractivity contribution in [2.75, 3.05) is 13.2 Å². The highest BCUT2D eigenvalue weighted by atomic mass is 33.1. The van der Waals surface area contributed by atoms with Gasteiger partial charge < -0.3 is 20.1 Å². The fourth-order valence-corrected chi connectivity index (χ4v) is 7.30. The molecule has 0 spiro atoms. The number of carbonyl (C=O) groups excluding carboxylic acids is 2. The number of ether oxygens (including phenoxy) is 2. The number of nitrogens with one attached hydrogen (secondary N) is 2. The molecule has 254 valence electrons. The van der Waals surface area contributed by atoms with Crippen molar-refractivity contribution in [2.24, 2.45) is 0 Å². The van der Waals surface area contributed by atoms with Crippen LogP contribution in [0, 0.1) is 0 Å². The Kier molecular flexibility index (Phi) is 16.3. The summed E-state index contributed by atoms with van der Waals surface area (Å²) in [6.07, 6.45) is 9.39. The van der Waals surface area contributed by atoms with Gasteiger partial charge in [-0.3, -0.25) is 9.59 Å². The van der Waals surface area contributed by atoms with Gasteiger partial charge in [-0.15, -0.1) is 0 Å². The van der Waals surface area contributed by atoms with E-state index in [0.717, 1.165) is 58.5 Å². The van der Waals surface area contributed by atoms with Crippen molar-refractivity contribution < 1.29 is 19.1 Å². The highest BCUT2D eigenvalue weighted by Gasteiger charge is 2.15. The first-order valence-electron chi connectivity index (χ1n) is 17.1. The van der Waals surface area contributed by atoms with Crippen LogP contribution in [-0.2, 0) is 13.1 Å². The second kappa shape index (κ2) is 21.2. The third-order valence-electron chi connectivity index (χ3n) is 7.77. The van der Waals surface area contributed by atoms with Crippen molar-refractivity contribution >= 4 is 33.4 Å². The van der Waals surface area contributed by atoms with E-state index in [0.29, 0.717) is 24.2 Å². The van der Waals surface area contributed by atoms with Gasteiger partial charge in [-0.05, 0) is 72.5 Å². The standard InChI is InChI=1S/C40H48N2O4S2/c1-3-5-7-13-27-45-33-23-19-31(20-24-33)29-41-39(43)35-15-9-11-17-37(35)47-48-38-18-12-10-16-36(38)40(44)42-30-32-21-25-34(26-22-32)46-28-14-8-6-4-2/h9-12,15-26H,3-8,13-14,27-30H2,1-2H3,(H,41,43)(H,42,44). The van der Waals surface area contributed by atoms with Gasteiger partial charge in [0.2, 0.25) is 0 Å². The van der Waals surface area contributed by atoms with Gasteiger partial charge in [-0.2, -0.15) is 0 Å². The van der Waals surface area contributed by atoms with Crippen LogP contribution in [0.3, 0.4) is 0 Å². The number of hydrogen-bond acceptors (Lipinski definition) is 6. The summed E-state index contributed by atoms with van der Waals surface area (Å²) in [5.41, 5.74) is 3.20. The topological polar surface area (TPSA) is 76.7 Å². The molecule has 8 heteroatoms. The molecule has 2 amide bonds. The summed E-state index contributed by atoms with van der Waals surface area (Å²) < 4.78 is 11.7. The SMILES string of the molecule is CCCCCCOc1ccc(CNC(=O)c2ccccc2SSc2ccccc2C(=O)NCc2ccc(OCCCCCC)cc2)cc1. The molecule has 4 rings (SSSR count). The van der Waals surface area contributed by atoms with E-state index in [1.807, 2.05) is 97.1 Å². The number of rotatable bonds is 21. The maximum absolute atomic E-state index is 13.2. The predicted octanol–water partition coefficient (Wildman–Crippen LogP) is 10.3. The van der Waals surface area contributed by atoms with E-state index < -0.39 is 0 Å². The molecule has 0 saturated carbocycles. The molecule has 0 radical (unpaired) electrons. The highest BCUT2D eigenvalue weighted by molar-refractivity contribution is 8.76. The fourth-order valence-electron chi connectivity index (χ4n) is 4.94. The molecule has 6 nitrogen and oxygen atoms in total. The zero-order valence-electron chi connectivity index (χ0n) is 28.2. The second-order valence-electron chi connectivity index (χ2n) is 11.6. The van der Waals surface area contributed by atoms with Crippen LogP contribution in [0.1, 0.15) is 97.1 Å². The smallest absolute Gasteiger partial charge is 0.252 e. The van der Waals surface area contributed by atoms with Gasteiger partial charge in [0, 0.05) is 22.9 Å². The average Bonchev–Trinajstić information content (AvgIpc) is 3.13. The van der Waals surface area contributed by atoms with Crippen LogP contribution in [0.15, 0.2) is 107 Å². The van der Waals surface area contributed by atoms with Crippen LogP contribution in [0.25, 0.3) is 0 Å². The van der Waals surface area contributed by atoms with Crippen molar-refractivity contribution in [3.8, 4) is 11.5 Å². The Hall–Kier alpha value is -3.88. The van der Waals surface area contributed by atoms with Crippen molar-refractivity contribution in [3.05, 3.63) is 119 Å². The van der Waals surface area contributed by atoms with E-state index in [4.69, 9.17) is 9.47 Å². The first-order valence-corrected chi connectivity index (χ1v) is 19.2. The van der Waals surface area contributed by atoms with Gasteiger partial charge in [-0.1, -0.05) is 122 Å². The molecule has 2 N–H and O–H groups in total. The third kappa shape index (κ3) is 12.6. The lowest BCUT2D eigenvalue weighted by atomic mass is 10.2. The molecule has 0 fully saturated rings. The van der Waals surface area contributed by atoms with Crippen molar-refractivity contribution in [2.45, 2.75) is 88.1 Å². The molecule has 4 aromatic carbocycles. The van der Waals surface area contributed by atoms with Gasteiger partial charge in [-0.25, -0.2) is 0 Å². The molecule has 48 heavy (non-hydrogen) atoms. The Morgan fingerprint density at radius 3 is 1.31 bits per heavy atom. The molecule has 4 aromatic rings. The number of unbranched alkanes of at least 4 members (excludes halogenated alkanes) is 6. The Balaban J connectivity index is 1.26. The summed E-state index contributed by atoms with van der Waals surface area (Å²) in [6, 6.07) is 30.9. The van der Waals surface area contributed by atoms with Gasteiger partial charge in [0.1, 0.15) is 11.5 Å². The first kappa shape index (κ1) is 36.9. The van der Waals surface area contributed by atoms with E-state index >= 15 is 0 Å². The minimum atomic E-state index is -0.145. The number of amides is 2. The first-order chi connectivity index (χ1) is 23.6. The summed E-state index contributed by atoms with van der Waals surface area (Å²) in [4.78, 5) is 28.1. The molecule has 0 aliphatic rings. The van der Waals surface area contributed by atoms with E-state index in [1.54, 1.807) is 0 Å². The van der Waals surface area contributed by atoms with Gasteiger partial charge in [0.15, 0.2) is 0 Å². The Bertz CT molecular complexity index is 1430. The summed E-state index contributed by atoms with van der Waals surface area (Å²) in [7, 11) is 2.94. The van der Waals surface area contributed by atoms with Crippen molar-refractivity contribution in [3.63, 3.8) is 0 Å². The van der Waals surface area contributed by atoms with Crippen LogP contribution in [0.2, 0.25) is 0 Å². The normalized spacial score (nSPS) is 10.8. The van der Waals surface area contributed by atoms with E-state index in [2.05, 4.69) is 24.5 Å². The molecule has 0 bridgehead atoms. The van der Waals surface area contributed by atoms with Crippen LogP contribution in [0.5, 0.6) is 11.5 Å². The molecule has 0 aromatic heterocycles. The monoisotopic (exact) mass is 684 g/mol. The number of carbonyl (C=O) groups is 2. The maximum Gasteiger partial charge on any atom is 0.252 e. The summed E-state index contributed by atoms with van der Waals surface area (Å²) >= 11 is 0. The van der Waals surface area contributed by atoms with Crippen molar-refractivity contribution in [1.29, 1.82) is 0 Å². The predicted molar refractivity (Wildman–Crippen MR) is 199 cm³/mol. The van der Waals surface area contributed by atoms with Crippen LogP contribution < -0.4 is 20.1 Å². The zero-order valence-corrected chi connectivity index (χ0v) is 29.8. The molecule has 0 heterocycles. The van der Waals surface area contributed by atoms with E-state index in [-0.39, 0.29) is 11.8 Å². The van der Waals surface area contributed by atoms with Crippen LogP contribution >= 0.6 is 21.6 Å². The van der Waals surface area contributed by atoms with E-state index in [9.17, 15) is 9.59 Å². The summed E-state index contributed by atoms with van der Waals surface area (Å²) in [6.45, 7) is 6.68. The van der Waals surface area contributed by atoms with Crippen molar-refractivity contribution in [1.82, 2.24) is 10.6 Å². The molecule has 0 aliphatic heterocycles. The number of hydrogen-bond donors (Lipinski definition) is 2. The molecule has 0 unspecified atom stereocenters. The van der Waals surface area contributed by atoms with Gasteiger partial charge in [0.05, 0.1) is 24.3 Å². The molecule has 0 atom stereocenters. The van der Waals surface area contributed by atoms with Gasteiger partial charge >= 0.3 is 0 Å². The Morgan fingerprint density at radius 1 is 0.521 bits per heavy atom. The minimum Gasteiger partial charge on any atom is -0.494 e. The van der Waals surface area contributed by atoms with Crippen LogP contribution in [0.4, 0.5) is 0 Å².